The molecule has 0 unspecified atom stereocenters. The Balaban J connectivity index is 1.18. The van der Waals surface area contributed by atoms with Crippen LogP contribution in [0, 0.1) is 0 Å². The second kappa shape index (κ2) is 8.33. The zero-order valence-electron chi connectivity index (χ0n) is 20.7. The topological polar surface area (TPSA) is 86.0 Å². The average molecular weight is 472 g/mol. The van der Waals surface area contributed by atoms with Crippen LogP contribution in [0.1, 0.15) is 62.8 Å². The lowest BCUT2D eigenvalue weighted by Gasteiger charge is -2.33. The molecular formula is C28H33N5O2. The number of aromatic nitrogens is 3. The number of pyridine rings is 1. The molecule has 0 bridgehead atoms. The molecule has 1 amide bonds. The summed E-state index contributed by atoms with van der Waals surface area (Å²) in [6.07, 6.45) is 7.28. The van der Waals surface area contributed by atoms with Gasteiger partial charge in [0.05, 0.1) is 0 Å². The van der Waals surface area contributed by atoms with Gasteiger partial charge in [0.25, 0.3) is 0 Å². The molecule has 0 atom stereocenters. The minimum absolute atomic E-state index is 0.210. The summed E-state index contributed by atoms with van der Waals surface area (Å²) < 4.78 is 5.55. The van der Waals surface area contributed by atoms with E-state index in [1.807, 2.05) is 25.7 Å². The smallest absolute Gasteiger partial charge is 0.410 e. The van der Waals surface area contributed by atoms with Crippen LogP contribution in [-0.4, -0.2) is 44.6 Å². The zero-order chi connectivity index (χ0) is 24.2. The number of aromatic amines is 2. The fourth-order valence-corrected chi connectivity index (χ4v) is 5.59. The van der Waals surface area contributed by atoms with Crippen molar-refractivity contribution >= 4 is 39.5 Å². The molecule has 7 nitrogen and oxygen atoms in total. The first-order valence-corrected chi connectivity index (χ1v) is 12.7. The monoisotopic (exact) mass is 471 g/mol. The highest BCUT2D eigenvalue weighted by atomic mass is 16.6. The van der Waals surface area contributed by atoms with Crippen LogP contribution in [0.2, 0.25) is 0 Å². The number of nitrogens with one attached hydrogen (secondary N) is 3. The molecule has 4 aromatic rings. The number of anilines is 2. The Morgan fingerprint density at radius 1 is 1.11 bits per heavy atom. The summed E-state index contributed by atoms with van der Waals surface area (Å²) >= 11 is 0. The van der Waals surface area contributed by atoms with Gasteiger partial charge >= 0.3 is 6.09 Å². The maximum absolute atomic E-state index is 12.4. The number of amides is 1. The van der Waals surface area contributed by atoms with E-state index < -0.39 is 5.60 Å². The van der Waals surface area contributed by atoms with Crippen molar-refractivity contribution in [2.75, 3.05) is 18.4 Å². The van der Waals surface area contributed by atoms with E-state index in [1.165, 1.54) is 34.0 Å². The van der Waals surface area contributed by atoms with Crippen molar-refractivity contribution in [1.29, 1.82) is 0 Å². The molecule has 1 aromatic carbocycles. The van der Waals surface area contributed by atoms with E-state index in [9.17, 15) is 4.79 Å². The standard InChI is InChI=1S/C28H33N5O2/c1-28(2,3)35-27(34)33-13-11-17(12-14-33)22-16-29-23-9-7-18(15-21(22)23)30-25-10-8-20-19-5-4-6-24(19)31-26(20)32-25/h7-10,15-17,29H,4-6,11-14H2,1-3H3,(H2,30,31,32). The number of likely N-dealkylation sites (tertiary alicyclic amines) is 1. The predicted octanol–water partition coefficient (Wildman–Crippen LogP) is 6.39. The lowest BCUT2D eigenvalue weighted by molar-refractivity contribution is 0.0205. The lowest BCUT2D eigenvalue weighted by atomic mass is 9.89. The second-order valence-electron chi connectivity index (χ2n) is 10.9. The molecule has 3 N–H and O–H groups in total. The number of carbonyl (C=O) groups is 1. The van der Waals surface area contributed by atoms with Gasteiger partial charge in [-0.15, -0.1) is 0 Å². The Morgan fingerprint density at radius 3 is 2.74 bits per heavy atom. The molecular weight excluding hydrogens is 438 g/mol. The van der Waals surface area contributed by atoms with Gasteiger partial charge in [0, 0.05) is 47.0 Å². The molecule has 1 aliphatic heterocycles. The maximum Gasteiger partial charge on any atom is 0.410 e. The van der Waals surface area contributed by atoms with Gasteiger partial charge in [-0.3, -0.25) is 0 Å². The largest absolute Gasteiger partial charge is 0.444 e. The first-order valence-electron chi connectivity index (χ1n) is 12.7. The van der Waals surface area contributed by atoms with Crippen molar-refractivity contribution in [2.24, 2.45) is 0 Å². The van der Waals surface area contributed by atoms with Crippen LogP contribution in [0.4, 0.5) is 16.3 Å². The number of hydrogen-bond donors (Lipinski definition) is 3. The fourth-order valence-electron chi connectivity index (χ4n) is 5.59. The summed E-state index contributed by atoms with van der Waals surface area (Å²) in [6, 6.07) is 10.7. The molecule has 1 saturated heterocycles. The molecule has 2 aliphatic rings. The molecule has 7 heteroatoms. The molecule has 0 saturated carbocycles. The maximum atomic E-state index is 12.4. The van der Waals surface area contributed by atoms with E-state index in [2.05, 4.69) is 51.8 Å². The van der Waals surface area contributed by atoms with Crippen LogP contribution in [0.15, 0.2) is 36.5 Å². The molecule has 1 aliphatic carbocycles. The lowest BCUT2D eigenvalue weighted by Crippen LogP contribution is -2.41. The highest BCUT2D eigenvalue weighted by molar-refractivity contribution is 5.88. The third kappa shape index (κ3) is 4.24. The van der Waals surface area contributed by atoms with Crippen molar-refractivity contribution in [1.82, 2.24) is 19.9 Å². The number of hydrogen-bond acceptors (Lipinski definition) is 4. The Hall–Kier alpha value is -3.48. The second-order valence-corrected chi connectivity index (χ2v) is 10.9. The number of fused-ring (bicyclic) bond motifs is 4. The highest BCUT2D eigenvalue weighted by Crippen LogP contribution is 2.35. The minimum atomic E-state index is -0.464. The van der Waals surface area contributed by atoms with E-state index in [0.717, 1.165) is 48.4 Å². The quantitative estimate of drug-likeness (QED) is 0.323. The number of nitrogens with zero attached hydrogens (tertiary/aromatic N) is 2. The zero-order valence-corrected chi connectivity index (χ0v) is 20.7. The summed E-state index contributed by atoms with van der Waals surface area (Å²) in [5, 5.41) is 5.98. The number of ether oxygens (including phenoxy) is 1. The summed E-state index contributed by atoms with van der Waals surface area (Å²) in [5.74, 6) is 1.26. The number of rotatable bonds is 3. The minimum Gasteiger partial charge on any atom is -0.444 e. The summed E-state index contributed by atoms with van der Waals surface area (Å²) in [6.45, 7) is 7.16. The van der Waals surface area contributed by atoms with Gasteiger partial charge in [0.2, 0.25) is 0 Å². The van der Waals surface area contributed by atoms with Crippen LogP contribution < -0.4 is 5.32 Å². The average Bonchev–Trinajstić information content (AvgIpc) is 3.52. The predicted molar refractivity (Wildman–Crippen MR) is 139 cm³/mol. The number of aryl methyl sites for hydroxylation is 2. The molecule has 182 valence electrons. The third-order valence-electron chi connectivity index (χ3n) is 7.28. The Labute approximate surface area is 205 Å². The summed E-state index contributed by atoms with van der Waals surface area (Å²) in [5.41, 5.74) is 6.77. The molecule has 0 spiro atoms. The summed E-state index contributed by atoms with van der Waals surface area (Å²) in [7, 11) is 0. The van der Waals surface area contributed by atoms with Gasteiger partial charge < -0.3 is 24.9 Å². The third-order valence-corrected chi connectivity index (χ3v) is 7.28. The SMILES string of the molecule is CC(C)(C)OC(=O)N1CCC(c2c[nH]c3ccc(Nc4ccc5c6c([nH]c5n4)CCC6)cc23)CC1. The van der Waals surface area contributed by atoms with Crippen LogP contribution in [0.3, 0.4) is 0 Å². The van der Waals surface area contributed by atoms with E-state index in [-0.39, 0.29) is 6.09 Å². The fraction of sp³-hybridized carbons (Fsp3) is 0.429. The van der Waals surface area contributed by atoms with Crippen LogP contribution in [-0.2, 0) is 17.6 Å². The van der Waals surface area contributed by atoms with Crippen LogP contribution in [0.25, 0.3) is 21.9 Å². The number of piperidine rings is 1. The van der Waals surface area contributed by atoms with Gasteiger partial charge in [-0.1, -0.05) is 0 Å². The Bertz CT molecular complexity index is 1400. The van der Waals surface area contributed by atoms with Crippen LogP contribution >= 0.6 is 0 Å². The van der Waals surface area contributed by atoms with Crippen LogP contribution in [0.5, 0.6) is 0 Å². The van der Waals surface area contributed by atoms with Crippen molar-refractivity contribution in [3.8, 4) is 0 Å². The molecule has 1 fully saturated rings. The van der Waals surface area contributed by atoms with E-state index >= 15 is 0 Å². The number of H-pyrrole nitrogens is 2. The van der Waals surface area contributed by atoms with E-state index in [0.29, 0.717) is 19.0 Å². The van der Waals surface area contributed by atoms with Gasteiger partial charge in [0.15, 0.2) is 0 Å². The molecule has 6 rings (SSSR count). The number of benzene rings is 1. The highest BCUT2D eigenvalue weighted by Gasteiger charge is 2.28. The van der Waals surface area contributed by atoms with Gasteiger partial charge in [0.1, 0.15) is 17.1 Å². The van der Waals surface area contributed by atoms with Gasteiger partial charge in [-0.05, 0) is 100 Å². The normalized spacial score (nSPS) is 16.7. The summed E-state index contributed by atoms with van der Waals surface area (Å²) in [4.78, 5) is 26.1. The Kier molecular flexibility index (Phi) is 5.24. The Morgan fingerprint density at radius 2 is 1.94 bits per heavy atom. The first-order chi connectivity index (χ1) is 16.8. The number of carbonyl (C=O) groups excluding carboxylic acids is 1. The van der Waals surface area contributed by atoms with Crippen molar-refractivity contribution < 1.29 is 9.53 Å². The van der Waals surface area contributed by atoms with Gasteiger partial charge in [-0.25, -0.2) is 9.78 Å². The molecule has 0 radical (unpaired) electrons. The van der Waals surface area contributed by atoms with Crippen molar-refractivity contribution in [2.45, 2.75) is 64.4 Å². The molecule has 4 heterocycles. The van der Waals surface area contributed by atoms with Gasteiger partial charge in [-0.2, -0.15) is 0 Å². The first kappa shape index (κ1) is 22.0. The molecule has 35 heavy (non-hydrogen) atoms. The van der Waals surface area contributed by atoms with Crippen molar-refractivity contribution in [3.63, 3.8) is 0 Å². The van der Waals surface area contributed by atoms with Crippen molar-refractivity contribution in [3.05, 3.63) is 53.3 Å². The molecule has 3 aromatic heterocycles. The van der Waals surface area contributed by atoms with E-state index in [1.54, 1.807) is 0 Å². The van der Waals surface area contributed by atoms with E-state index in [4.69, 9.17) is 9.72 Å².